The van der Waals surface area contributed by atoms with E-state index in [0.717, 1.165) is 22.4 Å². The molecule has 0 aliphatic rings. The molecule has 0 fully saturated rings. The summed E-state index contributed by atoms with van der Waals surface area (Å²) in [7, 11) is 0. The number of rotatable bonds is 5. The molecule has 2 aromatic rings. The van der Waals surface area contributed by atoms with E-state index in [0.29, 0.717) is 11.6 Å². The third-order valence-corrected chi connectivity index (χ3v) is 4.01. The molecular formula is C19H18F3N3O2. The van der Waals surface area contributed by atoms with Gasteiger partial charge < -0.3 is 9.47 Å². The van der Waals surface area contributed by atoms with Gasteiger partial charge in [-0.1, -0.05) is 12.1 Å². The molecule has 8 heteroatoms. The second-order valence-electron chi connectivity index (χ2n) is 6.28. The highest BCUT2D eigenvalue weighted by Crippen LogP contribution is 2.26. The summed E-state index contributed by atoms with van der Waals surface area (Å²) in [6.45, 7) is 3.28. The van der Waals surface area contributed by atoms with Crippen molar-refractivity contribution in [2.75, 3.05) is 0 Å². The summed E-state index contributed by atoms with van der Waals surface area (Å²) in [5.74, 6) is -0.476. The molecule has 0 saturated heterocycles. The van der Waals surface area contributed by atoms with E-state index in [-0.39, 0.29) is 12.6 Å². The lowest BCUT2D eigenvalue weighted by atomic mass is 10.1. The van der Waals surface area contributed by atoms with Gasteiger partial charge in [0.25, 0.3) is 5.56 Å². The van der Waals surface area contributed by atoms with Crippen LogP contribution in [0.25, 0.3) is 0 Å². The van der Waals surface area contributed by atoms with Crippen LogP contribution in [-0.4, -0.2) is 21.4 Å². The maximum absolute atomic E-state index is 12.9. The Morgan fingerprint density at radius 1 is 1.22 bits per heavy atom. The van der Waals surface area contributed by atoms with E-state index in [1.165, 1.54) is 4.90 Å². The monoisotopic (exact) mass is 377 g/mol. The van der Waals surface area contributed by atoms with Crippen molar-refractivity contribution in [3.05, 3.63) is 69.6 Å². The largest absolute Gasteiger partial charge is 0.421 e. The first-order chi connectivity index (χ1) is 12.6. The molecule has 0 N–H and O–H groups in total. The van der Waals surface area contributed by atoms with Gasteiger partial charge in [0, 0.05) is 18.8 Å². The molecule has 1 aromatic carbocycles. The molecule has 0 aliphatic carbocycles. The second-order valence-corrected chi connectivity index (χ2v) is 6.28. The number of benzene rings is 1. The Morgan fingerprint density at radius 2 is 1.85 bits per heavy atom. The number of alkyl halides is 3. The predicted octanol–water partition coefficient (Wildman–Crippen LogP) is 3.18. The van der Waals surface area contributed by atoms with E-state index >= 15 is 0 Å². The van der Waals surface area contributed by atoms with Gasteiger partial charge in [0.1, 0.15) is 12.1 Å². The van der Waals surface area contributed by atoms with Crippen LogP contribution in [0, 0.1) is 11.3 Å². The number of carbonyl (C=O) groups excluding carboxylic acids is 1. The lowest BCUT2D eigenvalue weighted by Crippen LogP contribution is -2.41. The summed E-state index contributed by atoms with van der Waals surface area (Å²) in [6, 6.07) is 10.2. The van der Waals surface area contributed by atoms with Crippen LogP contribution in [0.4, 0.5) is 13.2 Å². The SMILES string of the molecule is CC(C)N(Cc1ccc(C#N)cc1)C(=O)Cn1cccc(C(F)(F)F)c1=O. The Kier molecular flexibility index (Phi) is 6.05. The smallest absolute Gasteiger partial charge is 0.334 e. The van der Waals surface area contributed by atoms with Crippen molar-refractivity contribution in [3.8, 4) is 6.07 Å². The zero-order valence-corrected chi connectivity index (χ0v) is 14.8. The molecule has 0 bridgehead atoms. The first kappa shape index (κ1) is 20.2. The summed E-state index contributed by atoms with van der Waals surface area (Å²) < 4.78 is 39.4. The van der Waals surface area contributed by atoms with E-state index in [1.807, 2.05) is 6.07 Å². The van der Waals surface area contributed by atoms with Crippen molar-refractivity contribution in [1.29, 1.82) is 5.26 Å². The van der Waals surface area contributed by atoms with E-state index in [4.69, 9.17) is 5.26 Å². The van der Waals surface area contributed by atoms with Crippen molar-refractivity contribution in [2.45, 2.75) is 39.2 Å². The summed E-state index contributed by atoms with van der Waals surface area (Å²) in [6.07, 6.45) is -3.61. The van der Waals surface area contributed by atoms with E-state index in [2.05, 4.69) is 0 Å². The highest BCUT2D eigenvalue weighted by molar-refractivity contribution is 5.76. The van der Waals surface area contributed by atoms with E-state index in [1.54, 1.807) is 38.1 Å². The lowest BCUT2D eigenvalue weighted by Gasteiger charge is -2.27. The highest BCUT2D eigenvalue weighted by atomic mass is 19.4. The van der Waals surface area contributed by atoms with Crippen molar-refractivity contribution in [2.24, 2.45) is 0 Å². The molecule has 0 atom stereocenters. The first-order valence-electron chi connectivity index (χ1n) is 8.18. The molecule has 0 spiro atoms. The van der Waals surface area contributed by atoms with Crippen molar-refractivity contribution in [1.82, 2.24) is 9.47 Å². The molecule has 2 rings (SSSR count). The van der Waals surface area contributed by atoms with Crippen LogP contribution in [0.1, 0.15) is 30.5 Å². The number of nitrogens with zero attached hydrogens (tertiary/aromatic N) is 3. The van der Waals surface area contributed by atoms with Gasteiger partial charge in [-0.15, -0.1) is 0 Å². The average Bonchev–Trinajstić information content (AvgIpc) is 2.60. The molecule has 0 radical (unpaired) electrons. The van der Waals surface area contributed by atoms with Crippen LogP contribution < -0.4 is 5.56 Å². The summed E-state index contributed by atoms with van der Waals surface area (Å²) in [5, 5.41) is 8.83. The number of amides is 1. The van der Waals surface area contributed by atoms with Gasteiger partial charge in [0.05, 0.1) is 11.6 Å². The summed E-state index contributed by atoms with van der Waals surface area (Å²) >= 11 is 0. The molecular weight excluding hydrogens is 359 g/mol. The third-order valence-electron chi connectivity index (χ3n) is 4.01. The zero-order valence-electron chi connectivity index (χ0n) is 14.8. The number of pyridine rings is 1. The van der Waals surface area contributed by atoms with Gasteiger partial charge in [-0.25, -0.2) is 0 Å². The quantitative estimate of drug-likeness (QED) is 0.804. The molecule has 142 valence electrons. The number of nitriles is 1. The maximum Gasteiger partial charge on any atom is 0.421 e. The fraction of sp³-hybridized carbons (Fsp3) is 0.316. The number of hydrogen-bond donors (Lipinski definition) is 0. The van der Waals surface area contributed by atoms with Gasteiger partial charge in [-0.2, -0.15) is 18.4 Å². The minimum absolute atomic E-state index is 0.218. The van der Waals surface area contributed by atoms with Gasteiger partial charge >= 0.3 is 6.18 Å². The number of halogens is 3. The molecule has 0 aliphatic heterocycles. The Labute approximate surface area is 154 Å². The predicted molar refractivity (Wildman–Crippen MR) is 92.5 cm³/mol. The first-order valence-corrected chi connectivity index (χ1v) is 8.18. The highest BCUT2D eigenvalue weighted by Gasteiger charge is 2.34. The Morgan fingerprint density at radius 3 is 2.37 bits per heavy atom. The molecule has 1 aromatic heterocycles. The van der Waals surface area contributed by atoms with Crippen LogP contribution in [0.3, 0.4) is 0 Å². The molecule has 0 unspecified atom stereocenters. The average molecular weight is 377 g/mol. The Hall–Kier alpha value is -3.08. The minimum Gasteiger partial charge on any atom is -0.334 e. The van der Waals surface area contributed by atoms with Gasteiger partial charge in [0.2, 0.25) is 5.91 Å². The van der Waals surface area contributed by atoms with Crippen LogP contribution >= 0.6 is 0 Å². The van der Waals surface area contributed by atoms with Gasteiger partial charge in [-0.05, 0) is 43.7 Å². The van der Waals surface area contributed by atoms with Crippen LogP contribution in [0.2, 0.25) is 0 Å². The van der Waals surface area contributed by atoms with E-state index < -0.39 is 29.8 Å². The summed E-state index contributed by atoms with van der Waals surface area (Å²) in [4.78, 5) is 26.1. The summed E-state index contributed by atoms with van der Waals surface area (Å²) in [5.41, 5.74) is -1.30. The molecule has 1 heterocycles. The van der Waals surface area contributed by atoms with Crippen molar-refractivity contribution < 1.29 is 18.0 Å². The van der Waals surface area contributed by atoms with Gasteiger partial charge in [-0.3, -0.25) is 9.59 Å². The van der Waals surface area contributed by atoms with Crippen LogP contribution in [0.5, 0.6) is 0 Å². The molecule has 1 amide bonds. The standard InChI is InChI=1S/C19H18F3N3O2/c1-13(2)25(11-15-7-5-14(10-23)6-8-15)17(26)12-24-9-3-4-16(18(24)27)19(20,21)22/h3-9,13H,11-12H2,1-2H3. The topological polar surface area (TPSA) is 66.1 Å². The fourth-order valence-electron chi connectivity index (χ4n) is 2.55. The Balaban J connectivity index is 2.23. The maximum atomic E-state index is 12.9. The van der Waals surface area contributed by atoms with Gasteiger partial charge in [0.15, 0.2) is 0 Å². The van der Waals surface area contributed by atoms with Crippen LogP contribution in [0.15, 0.2) is 47.4 Å². The number of aromatic nitrogens is 1. The number of hydrogen-bond acceptors (Lipinski definition) is 3. The second kappa shape index (κ2) is 8.08. The fourth-order valence-corrected chi connectivity index (χ4v) is 2.55. The zero-order chi connectivity index (χ0) is 20.2. The molecule has 5 nitrogen and oxygen atoms in total. The van der Waals surface area contributed by atoms with Crippen molar-refractivity contribution >= 4 is 5.91 Å². The third kappa shape index (κ3) is 4.97. The van der Waals surface area contributed by atoms with E-state index in [9.17, 15) is 22.8 Å². The minimum atomic E-state index is -4.77. The normalized spacial score (nSPS) is 11.3. The lowest BCUT2D eigenvalue weighted by molar-refractivity contribution is -0.140. The molecule has 27 heavy (non-hydrogen) atoms. The Bertz CT molecular complexity index is 910. The number of carbonyl (C=O) groups is 1. The van der Waals surface area contributed by atoms with Crippen LogP contribution in [-0.2, 0) is 24.1 Å². The molecule has 0 saturated carbocycles. The van der Waals surface area contributed by atoms with Crippen molar-refractivity contribution in [3.63, 3.8) is 0 Å².